The van der Waals surface area contributed by atoms with E-state index < -0.39 is 15.3 Å². The van der Waals surface area contributed by atoms with Crippen molar-refractivity contribution in [3.8, 4) is 11.7 Å². The maximum Gasteiger partial charge on any atom is 1.00 e. The second kappa shape index (κ2) is 6.97. The molecule has 7 heteroatoms. The summed E-state index contributed by atoms with van der Waals surface area (Å²) in [6, 6.07) is 0. The summed E-state index contributed by atoms with van der Waals surface area (Å²) < 4.78 is 40.7. The Balaban J connectivity index is 0. The molecule has 0 aromatic rings. The van der Waals surface area contributed by atoms with Crippen LogP contribution in [0.5, 0.6) is 0 Å². The van der Waals surface area contributed by atoms with Gasteiger partial charge in [0.1, 0.15) is 0 Å². The molecule has 0 heterocycles. The molecular formula is C9H17BF3KOSi. The number of hydrogen-bond donors (Lipinski definition) is 0. The fourth-order valence-electron chi connectivity index (χ4n) is 0.590. The van der Waals surface area contributed by atoms with Gasteiger partial charge in [-0.15, -0.1) is 5.92 Å². The molecular weight excluding hydrogens is 259 g/mol. The van der Waals surface area contributed by atoms with Crippen molar-refractivity contribution in [3.63, 3.8) is 0 Å². The van der Waals surface area contributed by atoms with Crippen LogP contribution in [0.25, 0.3) is 0 Å². The van der Waals surface area contributed by atoms with Crippen molar-refractivity contribution in [3.05, 3.63) is 0 Å². The van der Waals surface area contributed by atoms with Crippen molar-refractivity contribution in [2.75, 3.05) is 6.61 Å². The average Bonchev–Trinajstić information content (AvgIpc) is 1.94. The van der Waals surface area contributed by atoms with E-state index in [-0.39, 0.29) is 63.0 Å². The van der Waals surface area contributed by atoms with E-state index >= 15 is 0 Å². The number of halogens is 3. The van der Waals surface area contributed by atoms with E-state index in [0.29, 0.717) is 0 Å². The van der Waals surface area contributed by atoms with E-state index in [4.69, 9.17) is 4.43 Å². The van der Waals surface area contributed by atoms with Crippen LogP contribution in [0, 0.1) is 11.7 Å². The first-order valence-corrected chi connectivity index (χ1v) is 7.70. The van der Waals surface area contributed by atoms with Gasteiger partial charge in [-0.05, 0) is 18.1 Å². The van der Waals surface area contributed by atoms with Crippen molar-refractivity contribution in [2.24, 2.45) is 0 Å². The molecule has 0 N–H and O–H groups in total. The Bertz CT molecular complexity index is 275. The van der Waals surface area contributed by atoms with Crippen LogP contribution in [0.2, 0.25) is 18.1 Å². The summed E-state index contributed by atoms with van der Waals surface area (Å²) in [5.41, 5.74) is 0. The summed E-state index contributed by atoms with van der Waals surface area (Å²) >= 11 is 0. The third-order valence-corrected chi connectivity index (χ3v) is 7.06. The van der Waals surface area contributed by atoms with Crippen LogP contribution in [0.1, 0.15) is 20.8 Å². The van der Waals surface area contributed by atoms with Gasteiger partial charge < -0.3 is 17.4 Å². The molecule has 0 aliphatic carbocycles. The summed E-state index contributed by atoms with van der Waals surface area (Å²) in [5.74, 6) is 3.27. The summed E-state index contributed by atoms with van der Waals surface area (Å²) in [7, 11) is -1.96. The Morgan fingerprint density at radius 2 is 1.62 bits per heavy atom. The van der Waals surface area contributed by atoms with E-state index in [1.54, 1.807) is 0 Å². The van der Waals surface area contributed by atoms with Gasteiger partial charge in [0.25, 0.3) is 0 Å². The van der Waals surface area contributed by atoms with Crippen LogP contribution in [0.4, 0.5) is 12.9 Å². The smallest absolute Gasteiger partial charge is 0.438 e. The van der Waals surface area contributed by atoms with Crippen LogP contribution < -0.4 is 51.4 Å². The maximum atomic E-state index is 11.8. The predicted octanol–water partition coefficient (Wildman–Crippen LogP) is 0.402. The molecule has 0 amide bonds. The molecule has 0 bridgehead atoms. The Morgan fingerprint density at radius 1 is 1.19 bits per heavy atom. The summed E-state index contributed by atoms with van der Waals surface area (Å²) in [5, 5.41) is -0.00193. The topological polar surface area (TPSA) is 9.23 Å². The second-order valence-electron chi connectivity index (χ2n) is 4.94. The van der Waals surface area contributed by atoms with Crippen molar-refractivity contribution in [2.45, 2.75) is 38.9 Å². The van der Waals surface area contributed by atoms with E-state index in [1.807, 2.05) is 39.8 Å². The zero-order chi connectivity index (χ0) is 12.3. The summed E-state index contributed by atoms with van der Waals surface area (Å²) in [6.07, 6.45) is 0. The number of hydrogen-bond acceptors (Lipinski definition) is 1. The minimum absolute atomic E-state index is 0. The van der Waals surface area contributed by atoms with Crippen LogP contribution >= 0.6 is 0 Å². The maximum absolute atomic E-state index is 11.8. The monoisotopic (exact) mass is 276 g/mol. The number of rotatable bonds is 2. The van der Waals surface area contributed by atoms with Crippen molar-refractivity contribution < 1.29 is 68.8 Å². The molecule has 16 heavy (non-hydrogen) atoms. The molecule has 0 saturated carbocycles. The standard InChI is InChI=1S/C9H17BF3OSi.K/c1-9(2,3)15(4,5)14-8-6-7-10(11,12)13;/h8H2,1-5H3;/q-1;+1. The van der Waals surface area contributed by atoms with Gasteiger partial charge in [0.2, 0.25) is 0 Å². The third-order valence-electron chi connectivity index (χ3n) is 2.58. The molecule has 0 aliphatic heterocycles. The molecule has 0 atom stereocenters. The van der Waals surface area contributed by atoms with Crippen molar-refractivity contribution >= 4 is 15.3 Å². The molecule has 0 fully saturated rings. The van der Waals surface area contributed by atoms with Gasteiger partial charge >= 0.3 is 58.4 Å². The van der Waals surface area contributed by atoms with E-state index in [1.165, 1.54) is 5.82 Å². The molecule has 1 nitrogen and oxygen atoms in total. The molecule has 0 aliphatic rings. The van der Waals surface area contributed by atoms with Crippen LogP contribution in [0.3, 0.4) is 0 Å². The summed E-state index contributed by atoms with van der Waals surface area (Å²) in [6.45, 7) is 4.91. The van der Waals surface area contributed by atoms with Gasteiger partial charge in [-0.3, -0.25) is 0 Å². The zero-order valence-corrected chi connectivity index (χ0v) is 14.9. The van der Waals surface area contributed by atoms with E-state index in [2.05, 4.69) is 0 Å². The normalized spacial score (nSPS) is 12.5. The first-order valence-electron chi connectivity index (χ1n) is 4.79. The third kappa shape index (κ3) is 8.34. The first kappa shape index (κ1) is 19.6. The molecule has 0 saturated heterocycles. The minimum atomic E-state index is -5.01. The zero-order valence-electron chi connectivity index (χ0n) is 10.8. The molecule has 0 aromatic carbocycles. The van der Waals surface area contributed by atoms with Gasteiger partial charge in [0.15, 0.2) is 8.32 Å². The van der Waals surface area contributed by atoms with Crippen molar-refractivity contribution in [1.29, 1.82) is 0 Å². The fourth-order valence-corrected chi connectivity index (χ4v) is 1.46. The van der Waals surface area contributed by atoms with Crippen LogP contribution in [-0.4, -0.2) is 21.9 Å². The minimum Gasteiger partial charge on any atom is -0.438 e. The van der Waals surface area contributed by atoms with Gasteiger partial charge in [0.05, 0.1) is 6.61 Å². The second-order valence-corrected chi connectivity index (χ2v) is 9.75. The quantitative estimate of drug-likeness (QED) is 0.524. The first-order chi connectivity index (χ1) is 6.46. The van der Waals surface area contributed by atoms with Crippen LogP contribution in [0.15, 0.2) is 0 Å². The molecule has 0 spiro atoms. The Labute approximate surface area is 140 Å². The van der Waals surface area contributed by atoms with Gasteiger partial charge in [-0.25, -0.2) is 5.82 Å². The molecule has 0 unspecified atom stereocenters. The largest absolute Gasteiger partial charge is 1.00 e. The van der Waals surface area contributed by atoms with Crippen LogP contribution in [-0.2, 0) is 4.43 Å². The fraction of sp³-hybridized carbons (Fsp3) is 0.778. The van der Waals surface area contributed by atoms with Gasteiger partial charge in [-0.1, -0.05) is 20.8 Å². The predicted molar refractivity (Wildman–Crippen MR) is 60.0 cm³/mol. The van der Waals surface area contributed by atoms with E-state index in [9.17, 15) is 12.9 Å². The van der Waals surface area contributed by atoms with E-state index in [0.717, 1.165) is 0 Å². The Kier molecular flexibility index (Phi) is 8.53. The molecule has 88 valence electrons. The summed E-state index contributed by atoms with van der Waals surface area (Å²) in [4.78, 5) is 0. The molecule has 0 radical (unpaired) electrons. The average molecular weight is 276 g/mol. The molecule has 0 aromatic heterocycles. The van der Waals surface area contributed by atoms with Crippen molar-refractivity contribution in [1.82, 2.24) is 0 Å². The van der Waals surface area contributed by atoms with Gasteiger partial charge in [0, 0.05) is 0 Å². The Hall–Kier alpha value is 1.23. The van der Waals surface area contributed by atoms with Gasteiger partial charge in [-0.2, -0.15) is 0 Å². The SMILES string of the molecule is CC(C)(C)[Si](C)(C)OCC#C[B-](F)(F)F.[K+]. The Morgan fingerprint density at radius 3 is 1.94 bits per heavy atom. The molecule has 0 rings (SSSR count).